The van der Waals surface area contributed by atoms with Crippen molar-refractivity contribution < 1.29 is 9.53 Å². The molecule has 1 unspecified atom stereocenters. The van der Waals surface area contributed by atoms with Crippen molar-refractivity contribution in [1.29, 1.82) is 0 Å². The van der Waals surface area contributed by atoms with Crippen LogP contribution >= 0.6 is 12.4 Å². The second-order valence-corrected chi connectivity index (χ2v) is 5.86. The van der Waals surface area contributed by atoms with E-state index in [1.54, 1.807) is 0 Å². The maximum atomic E-state index is 12.0. The van der Waals surface area contributed by atoms with E-state index in [9.17, 15) is 4.79 Å². The van der Waals surface area contributed by atoms with Crippen LogP contribution in [-0.2, 0) is 4.79 Å². The molecule has 0 aromatic heterocycles. The first-order chi connectivity index (χ1) is 9.28. The zero-order valence-corrected chi connectivity index (χ0v) is 14.3. The fourth-order valence-corrected chi connectivity index (χ4v) is 1.74. The molecule has 1 rings (SSSR count). The first kappa shape index (κ1) is 19.7. The number of aryl methyl sites for hydroxylation is 2. The highest BCUT2D eigenvalue weighted by molar-refractivity contribution is 5.85. The predicted molar refractivity (Wildman–Crippen MR) is 89.1 cm³/mol. The Labute approximate surface area is 133 Å². The lowest BCUT2D eigenvalue weighted by Crippen LogP contribution is -2.56. The van der Waals surface area contributed by atoms with Crippen LogP contribution in [0.3, 0.4) is 0 Å². The maximum absolute atomic E-state index is 12.0. The number of hydrogen-bond donors (Lipinski definition) is 2. The van der Waals surface area contributed by atoms with Crippen LogP contribution in [0.25, 0.3) is 0 Å². The van der Waals surface area contributed by atoms with Gasteiger partial charge < -0.3 is 15.8 Å². The predicted octanol–water partition coefficient (Wildman–Crippen LogP) is 2.59. The minimum absolute atomic E-state index is 0. The largest absolute Gasteiger partial charge is 0.484 e. The average Bonchev–Trinajstić information content (AvgIpc) is 2.39. The van der Waals surface area contributed by atoms with Crippen LogP contribution in [0.1, 0.15) is 31.9 Å². The van der Waals surface area contributed by atoms with E-state index in [1.165, 1.54) is 5.56 Å². The van der Waals surface area contributed by atoms with Crippen molar-refractivity contribution in [3.63, 3.8) is 0 Å². The average molecular weight is 315 g/mol. The van der Waals surface area contributed by atoms with E-state index in [-0.39, 0.29) is 30.8 Å². The Kier molecular flexibility index (Phi) is 7.75. The van der Waals surface area contributed by atoms with Crippen molar-refractivity contribution in [2.24, 2.45) is 11.7 Å². The number of rotatable bonds is 6. The van der Waals surface area contributed by atoms with E-state index in [1.807, 2.05) is 52.8 Å². The number of carbonyl (C=O) groups is 1. The van der Waals surface area contributed by atoms with Gasteiger partial charge in [-0.1, -0.05) is 19.9 Å². The van der Waals surface area contributed by atoms with Gasteiger partial charge in [-0.25, -0.2) is 0 Å². The quantitative estimate of drug-likeness (QED) is 0.848. The molecule has 0 spiro atoms. The van der Waals surface area contributed by atoms with Crippen molar-refractivity contribution in [3.05, 3.63) is 29.3 Å². The molecule has 0 saturated heterocycles. The highest BCUT2D eigenvalue weighted by Gasteiger charge is 2.28. The molecule has 0 aliphatic carbocycles. The summed E-state index contributed by atoms with van der Waals surface area (Å²) < 4.78 is 5.52. The molecule has 0 radical (unpaired) electrons. The summed E-state index contributed by atoms with van der Waals surface area (Å²) in [6, 6.07) is 5.80. The number of nitrogens with one attached hydrogen (secondary N) is 1. The van der Waals surface area contributed by atoms with Gasteiger partial charge in [0.25, 0.3) is 5.91 Å². The van der Waals surface area contributed by atoms with Gasteiger partial charge in [-0.2, -0.15) is 0 Å². The minimum atomic E-state index is -0.399. The fourth-order valence-electron chi connectivity index (χ4n) is 1.74. The topological polar surface area (TPSA) is 64.3 Å². The van der Waals surface area contributed by atoms with E-state index < -0.39 is 5.54 Å². The van der Waals surface area contributed by atoms with Gasteiger partial charge in [-0.3, -0.25) is 4.79 Å². The molecule has 1 amide bonds. The van der Waals surface area contributed by atoms with E-state index >= 15 is 0 Å². The van der Waals surface area contributed by atoms with Crippen LogP contribution in [-0.4, -0.2) is 24.6 Å². The zero-order chi connectivity index (χ0) is 15.3. The second kappa shape index (κ2) is 8.25. The zero-order valence-electron chi connectivity index (χ0n) is 13.5. The van der Waals surface area contributed by atoms with E-state index in [0.29, 0.717) is 12.3 Å². The molecule has 1 aromatic rings. The van der Waals surface area contributed by atoms with Crippen molar-refractivity contribution >= 4 is 18.3 Å². The summed E-state index contributed by atoms with van der Waals surface area (Å²) in [6.45, 7) is 10.5. The molecule has 0 saturated carbocycles. The first-order valence-corrected chi connectivity index (χ1v) is 6.99. The number of benzene rings is 1. The van der Waals surface area contributed by atoms with Crippen LogP contribution in [0.2, 0.25) is 0 Å². The van der Waals surface area contributed by atoms with Gasteiger partial charge in [-0.05, 0) is 49.9 Å². The first-order valence-electron chi connectivity index (χ1n) is 6.99. The van der Waals surface area contributed by atoms with Crippen LogP contribution in [0.15, 0.2) is 18.2 Å². The van der Waals surface area contributed by atoms with Crippen molar-refractivity contribution in [3.8, 4) is 5.75 Å². The number of hydrogen-bond acceptors (Lipinski definition) is 3. The summed E-state index contributed by atoms with van der Waals surface area (Å²) in [4.78, 5) is 12.0. The van der Waals surface area contributed by atoms with Gasteiger partial charge in [0.1, 0.15) is 5.75 Å². The number of halogens is 1. The second-order valence-electron chi connectivity index (χ2n) is 5.86. The van der Waals surface area contributed by atoms with E-state index in [4.69, 9.17) is 10.5 Å². The number of carbonyl (C=O) groups excluding carboxylic acids is 1. The minimum Gasteiger partial charge on any atom is -0.484 e. The standard InChI is InChI=1S/C16H26N2O2.ClH/c1-11(2)16(5,10-17)18-15(19)9-20-14-7-6-12(3)13(4)8-14;/h6-8,11H,9-10,17H2,1-5H3,(H,18,19);1H. The summed E-state index contributed by atoms with van der Waals surface area (Å²) in [7, 11) is 0. The molecule has 0 bridgehead atoms. The summed E-state index contributed by atoms with van der Waals surface area (Å²) >= 11 is 0. The molecular weight excluding hydrogens is 288 g/mol. The fraction of sp³-hybridized carbons (Fsp3) is 0.562. The maximum Gasteiger partial charge on any atom is 0.258 e. The number of amides is 1. The third-order valence-corrected chi connectivity index (χ3v) is 3.97. The SMILES string of the molecule is Cc1ccc(OCC(=O)NC(C)(CN)C(C)C)cc1C.Cl. The van der Waals surface area contributed by atoms with Crippen LogP contribution in [0.5, 0.6) is 5.75 Å². The Morgan fingerprint density at radius 1 is 1.33 bits per heavy atom. The van der Waals surface area contributed by atoms with Crippen molar-refractivity contribution in [2.45, 2.75) is 40.2 Å². The third-order valence-electron chi connectivity index (χ3n) is 3.97. The Hall–Kier alpha value is -1.26. The van der Waals surface area contributed by atoms with Gasteiger partial charge in [0.15, 0.2) is 6.61 Å². The lowest BCUT2D eigenvalue weighted by molar-refractivity contribution is -0.125. The molecule has 1 atom stereocenters. The highest BCUT2D eigenvalue weighted by Crippen LogP contribution is 2.17. The monoisotopic (exact) mass is 314 g/mol. The Morgan fingerprint density at radius 3 is 2.43 bits per heavy atom. The Balaban J connectivity index is 0.00000400. The lowest BCUT2D eigenvalue weighted by atomic mass is 9.88. The van der Waals surface area contributed by atoms with Crippen molar-refractivity contribution in [1.82, 2.24) is 5.32 Å². The van der Waals surface area contributed by atoms with Gasteiger partial charge in [0, 0.05) is 6.54 Å². The molecule has 21 heavy (non-hydrogen) atoms. The molecule has 120 valence electrons. The smallest absolute Gasteiger partial charge is 0.258 e. The molecule has 0 fully saturated rings. The van der Waals surface area contributed by atoms with Crippen molar-refractivity contribution in [2.75, 3.05) is 13.2 Å². The number of nitrogens with two attached hydrogens (primary N) is 1. The molecule has 3 N–H and O–H groups in total. The Morgan fingerprint density at radius 2 is 1.95 bits per heavy atom. The molecule has 0 aliphatic rings. The molecule has 0 heterocycles. The normalized spacial score (nSPS) is 13.3. The van der Waals surface area contributed by atoms with Crippen LogP contribution in [0, 0.1) is 19.8 Å². The van der Waals surface area contributed by atoms with Gasteiger partial charge in [0.05, 0.1) is 5.54 Å². The van der Waals surface area contributed by atoms with Gasteiger partial charge in [0.2, 0.25) is 0 Å². The molecule has 5 heteroatoms. The van der Waals surface area contributed by atoms with Gasteiger partial charge in [-0.15, -0.1) is 12.4 Å². The van der Waals surface area contributed by atoms with Gasteiger partial charge >= 0.3 is 0 Å². The van der Waals surface area contributed by atoms with E-state index in [0.717, 1.165) is 5.56 Å². The summed E-state index contributed by atoms with van der Waals surface area (Å²) in [5.41, 5.74) is 7.70. The molecule has 4 nitrogen and oxygen atoms in total. The molecular formula is C16H27ClN2O2. The highest BCUT2D eigenvalue weighted by atomic mass is 35.5. The Bertz CT molecular complexity index is 477. The summed E-state index contributed by atoms with van der Waals surface area (Å²) in [5, 5.41) is 2.95. The lowest BCUT2D eigenvalue weighted by Gasteiger charge is -2.33. The van der Waals surface area contributed by atoms with Crippen LogP contribution < -0.4 is 15.8 Å². The molecule has 0 aliphatic heterocycles. The van der Waals surface area contributed by atoms with Crippen LogP contribution in [0.4, 0.5) is 0 Å². The number of ether oxygens (including phenoxy) is 1. The molecule has 1 aromatic carbocycles. The summed E-state index contributed by atoms with van der Waals surface area (Å²) in [6.07, 6.45) is 0. The summed E-state index contributed by atoms with van der Waals surface area (Å²) in [5.74, 6) is 0.824. The third kappa shape index (κ3) is 5.56. The van der Waals surface area contributed by atoms with E-state index in [2.05, 4.69) is 5.32 Å².